The molecule has 0 radical (unpaired) electrons. The number of nitrogens with two attached hydrogens (primary N) is 1. The third kappa shape index (κ3) is 4.72. The van der Waals surface area contributed by atoms with Crippen LogP contribution in [-0.2, 0) is 0 Å². The molecule has 0 aromatic rings. The van der Waals surface area contributed by atoms with Crippen molar-refractivity contribution in [3.63, 3.8) is 0 Å². The second-order valence-corrected chi connectivity index (χ2v) is 3.63. The summed E-state index contributed by atoms with van der Waals surface area (Å²) >= 11 is 0. The van der Waals surface area contributed by atoms with Gasteiger partial charge in [0.1, 0.15) is 0 Å². The Morgan fingerprint density at radius 1 is 1.62 bits per heavy atom. The molecule has 0 aromatic heterocycles. The van der Waals surface area contributed by atoms with Crippen molar-refractivity contribution in [1.29, 1.82) is 0 Å². The molecule has 0 bridgehead atoms. The summed E-state index contributed by atoms with van der Waals surface area (Å²) in [5, 5.41) is 5.64. The van der Waals surface area contributed by atoms with Gasteiger partial charge in [-0.25, -0.2) is 4.79 Å². The zero-order valence-corrected chi connectivity index (χ0v) is 8.18. The molecule has 2 amide bonds. The molecule has 1 unspecified atom stereocenters. The highest BCUT2D eigenvalue weighted by Gasteiger charge is 2.22. The van der Waals surface area contributed by atoms with Gasteiger partial charge in [-0.3, -0.25) is 0 Å². The Labute approximate surface area is 79.3 Å². The van der Waals surface area contributed by atoms with Crippen molar-refractivity contribution in [2.45, 2.75) is 44.7 Å². The van der Waals surface area contributed by atoms with Gasteiger partial charge in [0, 0.05) is 18.6 Å². The fourth-order valence-electron chi connectivity index (χ4n) is 1.04. The van der Waals surface area contributed by atoms with E-state index >= 15 is 0 Å². The lowest BCUT2D eigenvalue weighted by Gasteiger charge is -2.09. The van der Waals surface area contributed by atoms with E-state index in [1.807, 2.05) is 0 Å². The van der Waals surface area contributed by atoms with Crippen molar-refractivity contribution in [2.24, 2.45) is 5.73 Å². The summed E-state index contributed by atoms with van der Waals surface area (Å²) in [5.41, 5.74) is 5.70. The molecule has 76 valence electrons. The predicted octanol–water partition coefficient (Wildman–Crippen LogP) is 0.575. The number of carbonyl (C=O) groups is 1. The second-order valence-electron chi connectivity index (χ2n) is 3.63. The lowest BCUT2D eigenvalue weighted by Crippen LogP contribution is -2.38. The highest BCUT2D eigenvalue weighted by atomic mass is 16.2. The van der Waals surface area contributed by atoms with Gasteiger partial charge >= 0.3 is 6.03 Å². The highest BCUT2D eigenvalue weighted by Crippen LogP contribution is 2.18. The Morgan fingerprint density at radius 3 is 2.85 bits per heavy atom. The fraction of sp³-hybridized carbons (Fsp3) is 0.889. The Bertz CT molecular complexity index is 168. The minimum atomic E-state index is -0.0502. The summed E-state index contributed by atoms with van der Waals surface area (Å²) < 4.78 is 0. The largest absolute Gasteiger partial charge is 0.338 e. The second kappa shape index (κ2) is 5.07. The van der Waals surface area contributed by atoms with E-state index in [4.69, 9.17) is 5.73 Å². The van der Waals surface area contributed by atoms with Crippen LogP contribution in [0.3, 0.4) is 0 Å². The molecule has 1 saturated carbocycles. The minimum Gasteiger partial charge on any atom is -0.338 e. The number of carbonyl (C=O) groups excluding carboxylic acids is 1. The van der Waals surface area contributed by atoms with Gasteiger partial charge in [-0.05, 0) is 25.7 Å². The Hall–Kier alpha value is -0.770. The summed E-state index contributed by atoms with van der Waals surface area (Å²) in [5.74, 6) is 0. The van der Waals surface area contributed by atoms with Crippen LogP contribution >= 0.6 is 0 Å². The molecule has 0 spiro atoms. The van der Waals surface area contributed by atoms with Gasteiger partial charge in [0.2, 0.25) is 0 Å². The molecule has 1 aliphatic rings. The first kappa shape index (κ1) is 10.3. The lowest BCUT2D eigenvalue weighted by atomic mass is 10.2. The summed E-state index contributed by atoms with van der Waals surface area (Å²) in [6.45, 7) is 2.72. The van der Waals surface area contributed by atoms with Crippen LogP contribution in [0.15, 0.2) is 0 Å². The monoisotopic (exact) mass is 185 g/mol. The Balaban J connectivity index is 1.94. The van der Waals surface area contributed by atoms with E-state index < -0.39 is 0 Å². The molecule has 0 saturated heterocycles. The summed E-state index contributed by atoms with van der Waals surface area (Å²) in [6, 6.07) is 0.590. The van der Waals surface area contributed by atoms with Crippen molar-refractivity contribution < 1.29 is 4.79 Å². The van der Waals surface area contributed by atoms with Crippen LogP contribution in [0.2, 0.25) is 0 Å². The van der Waals surface area contributed by atoms with Gasteiger partial charge in [0.15, 0.2) is 0 Å². The number of hydrogen-bond donors (Lipinski definition) is 3. The van der Waals surface area contributed by atoms with Crippen molar-refractivity contribution in [1.82, 2.24) is 10.6 Å². The number of amides is 2. The van der Waals surface area contributed by atoms with Gasteiger partial charge in [-0.15, -0.1) is 0 Å². The van der Waals surface area contributed by atoms with Crippen molar-refractivity contribution >= 4 is 6.03 Å². The number of hydrogen-bond acceptors (Lipinski definition) is 2. The maximum Gasteiger partial charge on any atom is 0.315 e. The third-order valence-electron chi connectivity index (χ3n) is 2.24. The molecule has 1 atom stereocenters. The number of urea groups is 1. The molecule has 13 heavy (non-hydrogen) atoms. The normalized spacial score (nSPS) is 18.0. The van der Waals surface area contributed by atoms with E-state index in [-0.39, 0.29) is 12.1 Å². The van der Waals surface area contributed by atoms with Crippen LogP contribution in [0, 0.1) is 0 Å². The fourth-order valence-corrected chi connectivity index (χ4v) is 1.04. The van der Waals surface area contributed by atoms with Gasteiger partial charge in [-0.2, -0.15) is 0 Å². The molecule has 1 aliphatic carbocycles. The van der Waals surface area contributed by atoms with Crippen LogP contribution in [-0.4, -0.2) is 24.7 Å². The van der Waals surface area contributed by atoms with Crippen LogP contribution in [0.5, 0.6) is 0 Å². The van der Waals surface area contributed by atoms with Crippen LogP contribution in [0.25, 0.3) is 0 Å². The molecule has 4 N–H and O–H groups in total. The molecular formula is C9H19N3O. The molecule has 1 fully saturated rings. The van der Waals surface area contributed by atoms with Crippen LogP contribution < -0.4 is 16.4 Å². The molecule has 0 heterocycles. The van der Waals surface area contributed by atoms with Crippen LogP contribution in [0.4, 0.5) is 4.79 Å². The molecular weight excluding hydrogens is 166 g/mol. The van der Waals surface area contributed by atoms with Gasteiger partial charge in [0.05, 0.1) is 0 Å². The third-order valence-corrected chi connectivity index (χ3v) is 2.24. The Morgan fingerprint density at radius 2 is 2.31 bits per heavy atom. The van der Waals surface area contributed by atoms with E-state index in [9.17, 15) is 4.79 Å². The number of rotatable bonds is 5. The molecule has 4 nitrogen and oxygen atoms in total. The van der Waals surface area contributed by atoms with Gasteiger partial charge in [-0.1, -0.05) is 6.92 Å². The zero-order valence-electron chi connectivity index (χ0n) is 8.18. The average Bonchev–Trinajstić information content (AvgIpc) is 2.88. The quantitative estimate of drug-likeness (QED) is 0.586. The predicted molar refractivity (Wildman–Crippen MR) is 52.4 cm³/mol. The van der Waals surface area contributed by atoms with E-state index in [0.29, 0.717) is 12.6 Å². The van der Waals surface area contributed by atoms with Crippen molar-refractivity contribution in [3.8, 4) is 0 Å². The highest BCUT2D eigenvalue weighted by molar-refractivity contribution is 5.74. The standard InChI is InChI=1S/C9H19N3O/c1-2-7(10)5-6-11-9(13)12-8-3-4-8/h7-8H,2-6,10H2,1H3,(H2,11,12,13). The summed E-state index contributed by atoms with van der Waals surface area (Å²) in [6.07, 6.45) is 4.07. The smallest absolute Gasteiger partial charge is 0.315 e. The molecule has 4 heteroatoms. The summed E-state index contributed by atoms with van der Waals surface area (Å²) in [7, 11) is 0. The Kier molecular flexibility index (Phi) is 4.02. The SMILES string of the molecule is CCC(N)CCNC(=O)NC1CC1. The van der Waals surface area contributed by atoms with Crippen LogP contribution in [0.1, 0.15) is 32.6 Å². The van der Waals surface area contributed by atoms with E-state index in [1.54, 1.807) is 0 Å². The molecule has 0 aromatic carbocycles. The van der Waals surface area contributed by atoms with Crippen molar-refractivity contribution in [2.75, 3.05) is 6.54 Å². The van der Waals surface area contributed by atoms with Crippen molar-refractivity contribution in [3.05, 3.63) is 0 Å². The topological polar surface area (TPSA) is 67.1 Å². The first-order chi connectivity index (χ1) is 6.22. The number of nitrogens with one attached hydrogen (secondary N) is 2. The lowest BCUT2D eigenvalue weighted by molar-refractivity contribution is 0.240. The average molecular weight is 185 g/mol. The van der Waals surface area contributed by atoms with E-state index in [1.165, 1.54) is 0 Å². The minimum absolute atomic E-state index is 0.0502. The van der Waals surface area contributed by atoms with E-state index in [2.05, 4.69) is 17.6 Å². The van der Waals surface area contributed by atoms with Gasteiger partial charge in [0.25, 0.3) is 0 Å². The first-order valence-electron chi connectivity index (χ1n) is 5.02. The first-order valence-corrected chi connectivity index (χ1v) is 5.02. The maximum atomic E-state index is 11.1. The summed E-state index contributed by atoms with van der Waals surface area (Å²) in [4.78, 5) is 11.1. The molecule has 1 rings (SSSR count). The van der Waals surface area contributed by atoms with E-state index in [0.717, 1.165) is 25.7 Å². The van der Waals surface area contributed by atoms with Gasteiger partial charge < -0.3 is 16.4 Å². The zero-order chi connectivity index (χ0) is 9.68. The maximum absolute atomic E-state index is 11.1. The molecule has 0 aliphatic heterocycles.